The summed E-state index contributed by atoms with van der Waals surface area (Å²) < 4.78 is 34.2. The Hall–Kier alpha value is -3.31. The molecule has 0 aliphatic heterocycles. The zero-order valence-electron chi connectivity index (χ0n) is 13.9. The molecule has 1 aromatic carbocycles. The Bertz CT molecular complexity index is 1240. The highest BCUT2D eigenvalue weighted by atomic mass is 32.2. The molecular formula is C16H14N6O4S. The predicted molar refractivity (Wildman–Crippen MR) is 95.3 cm³/mol. The summed E-state index contributed by atoms with van der Waals surface area (Å²) in [5.74, 6) is -0.0381. The highest BCUT2D eigenvalue weighted by Gasteiger charge is 2.16. The molecule has 0 amide bonds. The van der Waals surface area contributed by atoms with Crippen LogP contribution in [0.15, 0.2) is 63.3 Å². The van der Waals surface area contributed by atoms with Crippen LogP contribution in [0.2, 0.25) is 0 Å². The van der Waals surface area contributed by atoms with Crippen LogP contribution in [0.5, 0.6) is 0 Å². The molecule has 0 atom stereocenters. The highest BCUT2D eigenvalue weighted by Crippen LogP contribution is 2.16. The summed E-state index contributed by atoms with van der Waals surface area (Å²) in [7, 11) is -3.75. The van der Waals surface area contributed by atoms with Gasteiger partial charge < -0.3 is 8.98 Å². The van der Waals surface area contributed by atoms with E-state index in [1.807, 2.05) is 0 Å². The predicted octanol–water partition coefficient (Wildman–Crippen LogP) is 0.753. The molecule has 0 saturated heterocycles. The average Bonchev–Trinajstić information content (AvgIpc) is 3.27. The molecule has 4 rings (SSSR count). The number of oxazole rings is 1. The van der Waals surface area contributed by atoms with E-state index in [-0.39, 0.29) is 11.4 Å². The van der Waals surface area contributed by atoms with Crippen molar-refractivity contribution in [2.75, 3.05) is 6.54 Å². The summed E-state index contributed by atoms with van der Waals surface area (Å²) in [6.45, 7) is 0.502. The van der Waals surface area contributed by atoms with Gasteiger partial charge >= 0.3 is 5.76 Å². The van der Waals surface area contributed by atoms with Crippen LogP contribution in [-0.4, -0.2) is 39.5 Å². The van der Waals surface area contributed by atoms with Crippen molar-refractivity contribution in [1.29, 1.82) is 0 Å². The van der Waals surface area contributed by atoms with Crippen molar-refractivity contribution in [3.8, 4) is 11.5 Å². The Balaban J connectivity index is 1.48. The van der Waals surface area contributed by atoms with Gasteiger partial charge in [-0.2, -0.15) is 0 Å². The van der Waals surface area contributed by atoms with Crippen LogP contribution < -0.4 is 10.5 Å². The van der Waals surface area contributed by atoms with E-state index in [2.05, 4.69) is 24.7 Å². The van der Waals surface area contributed by atoms with Gasteiger partial charge in [0.05, 0.1) is 16.6 Å². The van der Waals surface area contributed by atoms with Crippen molar-refractivity contribution >= 4 is 21.1 Å². The fourth-order valence-corrected chi connectivity index (χ4v) is 3.67. The second-order valence-electron chi connectivity index (χ2n) is 5.61. The monoisotopic (exact) mass is 386 g/mol. The number of H-pyrrole nitrogens is 1. The van der Waals surface area contributed by atoms with E-state index in [0.29, 0.717) is 29.2 Å². The van der Waals surface area contributed by atoms with Gasteiger partial charge in [-0.3, -0.25) is 9.97 Å². The third kappa shape index (κ3) is 3.50. The lowest BCUT2D eigenvalue weighted by Crippen LogP contribution is -2.27. The Morgan fingerprint density at radius 3 is 2.89 bits per heavy atom. The zero-order valence-corrected chi connectivity index (χ0v) is 14.7. The van der Waals surface area contributed by atoms with E-state index < -0.39 is 15.8 Å². The maximum absolute atomic E-state index is 12.5. The molecule has 0 bridgehead atoms. The van der Waals surface area contributed by atoms with Crippen LogP contribution >= 0.6 is 0 Å². The van der Waals surface area contributed by atoms with Gasteiger partial charge in [-0.1, -0.05) is 0 Å². The maximum atomic E-state index is 12.5. The Morgan fingerprint density at radius 1 is 1.19 bits per heavy atom. The number of benzene rings is 1. The summed E-state index contributed by atoms with van der Waals surface area (Å²) in [5, 5.41) is 0. The summed E-state index contributed by atoms with van der Waals surface area (Å²) in [6.07, 6.45) is 8.06. The Labute approximate surface area is 153 Å². The van der Waals surface area contributed by atoms with Crippen molar-refractivity contribution in [3.63, 3.8) is 0 Å². The zero-order chi connectivity index (χ0) is 18.9. The molecule has 10 nitrogen and oxygen atoms in total. The van der Waals surface area contributed by atoms with E-state index in [4.69, 9.17) is 4.42 Å². The third-order valence-electron chi connectivity index (χ3n) is 3.85. The van der Waals surface area contributed by atoms with Gasteiger partial charge in [-0.25, -0.2) is 27.9 Å². The second-order valence-corrected chi connectivity index (χ2v) is 7.37. The van der Waals surface area contributed by atoms with E-state index in [1.165, 1.54) is 18.2 Å². The lowest BCUT2D eigenvalue weighted by atomic mass is 10.3. The number of aromatic amines is 1. The van der Waals surface area contributed by atoms with Gasteiger partial charge in [-0.05, 0) is 18.2 Å². The van der Waals surface area contributed by atoms with E-state index in [9.17, 15) is 13.2 Å². The first-order valence-electron chi connectivity index (χ1n) is 7.93. The lowest BCUT2D eigenvalue weighted by molar-refractivity contribution is 0.555. The number of rotatable bonds is 6. The molecule has 0 radical (unpaired) electrons. The summed E-state index contributed by atoms with van der Waals surface area (Å²) in [4.78, 5) is 26.1. The quantitative estimate of drug-likeness (QED) is 0.499. The first-order valence-corrected chi connectivity index (χ1v) is 9.41. The molecule has 0 saturated carbocycles. The van der Waals surface area contributed by atoms with Crippen LogP contribution in [-0.2, 0) is 16.6 Å². The molecule has 138 valence electrons. The SMILES string of the molecule is O=c1[nH]c2cc(S(=O)(=O)NCCn3ccnc3-c3cnccn3)ccc2o1. The third-order valence-corrected chi connectivity index (χ3v) is 5.31. The van der Waals surface area contributed by atoms with E-state index in [1.54, 1.807) is 35.6 Å². The van der Waals surface area contributed by atoms with Crippen molar-refractivity contribution < 1.29 is 12.8 Å². The van der Waals surface area contributed by atoms with E-state index in [0.717, 1.165) is 0 Å². The van der Waals surface area contributed by atoms with Crippen molar-refractivity contribution in [2.45, 2.75) is 11.4 Å². The normalized spacial score (nSPS) is 11.9. The molecule has 0 unspecified atom stereocenters. The molecule has 27 heavy (non-hydrogen) atoms. The van der Waals surface area contributed by atoms with Gasteiger partial charge in [0, 0.05) is 37.9 Å². The number of fused-ring (bicyclic) bond motifs is 1. The van der Waals surface area contributed by atoms with E-state index >= 15 is 0 Å². The highest BCUT2D eigenvalue weighted by molar-refractivity contribution is 7.89. The smallest absolute Gasteiger partial charge is 0.408 e. The fourth-order valence-electron chi connectivity index (χ4n) is 2.62. The minimum Gasteiger partial charge on any atom is -0.408 e. The Morgan fingerprint density at radius 2 is 2.07 bits per heavy atom. The number of aromatic nitrogens is 5. The van der Waals surface area contributed by atoms with Crippen molar-refractivity contribution in [2.24, 2.45) is 0 Å². The van der Waals surface area contributed by atoms with Gasteiger partial charge in [0.2, 0.25) is 10.0 Å². The van der Waals surface area contributed by atoms with Gasteiger partial charge in [0.15, 0.2) is 11.4 Å². The second kappa shape index (κ2) is 6.78. The number of nitrogens with zero attached hydrogens (tertiary/aromatic N) is 4. The van der Waals surface area contributed by atoms with Crippen LogP contribution in [0.3, 0.4) is 0 Å². The van der Waals surface area contributed by atoms with Crippen LogP contribution in [0.1, 0.15) is 0 Å². The lowest BCUT2D eigenvalue weighted by Gasteiger charge is -2.09. The van der Waals surface area contributed by atoms with Gasteiger partial charge in [0.25, 0.3) is 0 Å². The summed E-state index contributed by atoms with van der Waals surface area (Å²) >= 11 is 0. The van der Waals surface area contributed by atoms with Gasteiger partial charge in [0.1, 0.15) is 5.69 Å². The molecule has 0 aliphatic rings. The van der Waals surface area contributed by atoms with Crippen LogP contribution in [0, 0.1) is 0 Å². The first kappa shape index (κ1) is 17.1. The largest absolute Gasteiger partial charge is 0.417 e. The van der Waals surface area contributed by atoms with Crippen molar-refractivity contribution in [3.05, 3.63) is 59.7 Å². The summed E-state index contributed by atoms with van der Waals surface area (Å²) in [5.41, 5.74) is 1.22. The molecule has 4 aromatic rings. The summed E-state index contributed by atoms with van der Waals surface area (Å²) in [6, 6.07) is 4.16. The maximum Gasteiger partial charge on any atom is 0.417 e. The minimum absolute atomic E-state index is 0.0341. The number of nitrogens with one attached hydrogen (secondary N) is 2. The first-order chi connectivity index (χ1) is 13.0. The number of hydrogen-bond donors (Lipinski definition) is 2. The molecular weight excluding hydrogens is 372 g/mol. The molecule has 11 heteroatoms. The average molecular weight is 386 g/mol. The standard InChI is InChI=1S/C16H14N6O4S/c23-16-21-12-9-11(1-2-14(12)26-16)27(24,25)20-6-8-22-7-5-19-15(22)13-10-17-3-4-18-13/h1-5,7,9-10,20H,6,8H2,(H,21,23). The molecule has 0 fully saturated rings. The van der Waals surface area contributed by atoms with Gasteiger partial charge in [-0.15, -0.1) is 0 Å². The van der Waals surface area contributed by atoms with Crippen LogP contribution in [0.4, 0.5) is 0 Å². The fraction of sp³-hybridized carbons (Fsp3) is 0.125. The van der Waals surface area contributed by atoms with Crippen LogP contribution in [0.25, 0.3) is 22.6 Å². The number of hydrogen-bond acceptors (Lipinski definition) is 7. The number of sulfonamides is 1. The number of imidazole rings is 1. The topological polar surface area (TPSA) is 136 Å². The Kier molecular flexibility index (Phi) is 4.30. The van der Waals surface area contributed by atoms with Crippen molar-refractivity contribution in [1.82, 2.24) is 29.2 Å². The molecule has 0 aliphatic carbocycles. The minimum atomic E-state index is -3.75. The molecule has 2 N–H and O–H groups in total. The molecule has 3 heterocycles. The molecule has 3 aromatic heterocycles. The molecule has 0 spiro atoms.